The fourth-order valence-corrected chi connectivity index (χ4v) is 1.74. The maximum atomic E-state index is 12.2. The molecule has 0 amide bonds. The Hall–Kier alpha value is -1.50. The number of morpholine rings is 1. The molecule has 0 saturated carbocycles. The van der Waals surface area contributed by atoms with E-state index in [1.165, 1.54) is 0 Å². The normalized spacial score (nSPS) is 16.1. The van der Waals surface area contributed by atoms with Crippen molar-refractivity contribution in [1.29, 1.82) is 0 Å². The van der Waals surface area contributed by atoms with Gasteiger partial charge < -0.3 is 14.4 Å². The minimum absolute atomic E-state index is 0.155. The van der Waals surface area contributed by atoms with Crippen LogP contribution in [0.3, 0.4) is 0 Å². The van der Waals surface area contributed by atoms with Gasteiger partial charge in [-0.15, -0.1) is 5.10 Å². The van der Waals surface area contributed by atoms with E-state index in [0.29, 0.717) is 32.0 Å². The number of ether oxygens (including phenoxy) is 2. The second-order valence-corrected chi connectivity index (χ2v) is 3.98. The smallest absolute Gasteiger partial charge is 0.272 e. The predicted octanol–water partition coefficient (Wildman–Crippen LogP) is 1.27. The maximum absolute atomic E-state index is 12.2. The molecule has 1 aromatic rings. The number of hydrogen-bond acceptors (Lipinski definition) is 5. The third-order valence-electron chi connectivity index (χ3n) is 2.56. The van der Waals surface area contributed by atoms with Crippen LogP contribution in [0.15, 0.2) is 6.07 Å². The van der Waals surface area contributed by atoms with Gasteiger partial charge in [0, 0.05) is 13.1 Å². The van der Waals surface area contributed by atoms with Crippen LogP contribution in [0.2, 0.25) is 0 Å². The van der Waals surface area contributed by atoms with Gasteiger partial charge in [0.05, 0.1) is 18.9 Å². The molecule has 1 aromatic heterocycles. The second kappa shape index (κ2) is 5.90. The first-order valence-electron chi connectivity index (χ1n) is 5.75. The van der Waals surface area contributed by atoms with E-state index in [0.717, 1.165) is 5.69 Å². The fraction of sp³-hybridized carbons (Fsp3) is 0.636. The molecule has 18 heavy (non-hydrogen) atoms. The molecule has 0 N–H and O–H groups in total. The molecule has 1 aliphatic rings. The van der Waals surface area contributed by atoms with Crippen LogP contribution in [-0.4, -0.2) is 49.5 Å². The van der Waals surface area contributed by atoms with Crippen molar-refractivity contribution >= 4 is 5.69 Å². The van der Waals surface area contributed by atoms with Crippen LogP contribution in [0.1, 0.15) is 5.69 Å². The molecule has 1 saturated heterocycles. The average Bonchev–Trinajstić information content (AvgIpc) is 2.38. The number of hydrogen-bond donors (Lipinski definition) is 0. The number of aromatic nitrogens is 2. The van der Waals surface area contributed by atoms with Crippen molar-refractivity contribution in [3.63, 3.8) is 0 Å². The fourth-order valence-electron chi connectivity index (χ4n) is 1.74. The SMILES string of the molecule is Cc1cc(N2CCOCC2)c(OCC(F)F)nn1. The lowest BCUT2D eigenvalue weighted by atomic mass is 10.3. The number of alkyl halides is 2. The van der Waals surface area contributed by atoms with Gasteiger partial charge in [-0.1, -0.05) is 0 Å². The molecule has 0 aromatic carbocycles. The number of rotatable bonds is 4. The van der Waals surface area contributed by atoms with Crippen LogP contribution in [0.5, 0.6) is 5.88 Å². The maximum Gasteiger partial charge on any atom is 0.272 e. The monoisotopic (exact) mass is 259 g/mol. The Labute approximate surface area is 104 Å². The summed E-state index contributed by atoms with van der Waals surface area (Å²) in [6.07, 6.45) is -2.52. The summed E-state index contributed by atoms with van der Waals surface area (Å²) in [6.45, 7) is 3.72. The predicted molar refractivity (Wildman–Crippen MR) is 61.3 cm³/mol. The topological polar surface area (TPSA) is 47.5 Å². The summed E-state index contributed by atoms with van der Waals surface area (Å²) in [5, 5.41) is 7.67. The Morgan fingerprint density at radius 2 is 2.11 bits per heavy atom. The van der Waals surface area contributed by atoms with Crippen LogP contribution in [0.4, 0.5) is 14.5 Å². The molecule has 5 nitrogen and oxygen atoms in total. The van der Waals surface area contributed by atoms with Gasteiger partial charge in [-0.25, -0.2) is 8.78 Å². The summed E-state index contributed by atoms with van der Waals surface area (Å²) in [5.41, 5.74) is 1.42. The highest BCUT2D eigenvalue weighted by molar-refractivity contribution is 5.55. The van der Waals surface area contributed by atoms with E-state index in [-0.39, 0.29) is 5.88 Å². The largest absolute Gasteiger partial charge is 0.469 e. The molecule has 0 spiro atoms. The molecule has 7 heteroatoms. The first-order valence-corrected chi connectivity index (χ1v) is 5.75. The standard InChI is InChI=1S/C11H15F2N3O2/c1-8-6-9(16-2-4-17-5-3-16)11(15-14-8)18-7-10(12)13/h6,10H,2-5,7H2,1H3. The van der Waals surface area contributed by atoms with Gasteiger partial charge in [-0.2, -0.15) is 5.10 Å². The molecule has 2 rings (SSSR count). The molecule has 0 atom stereocenters. The summed E-state index contributed by atoms with van der Waals surface area (Å²) in [4.78, 5) is 2.01. The van der Waals surface area contributed by atoms with Crippen molar-refractivity contribution in [1.82, 2.24) is 10.2 Å². The van der Waals surface area contributed by atoms with E-state index in [1.54, 1.807) is 13.0 Å². The van der Waals surface area contributed by atoms with Crippen molar-refractivity contribution in [2.45, 2.75) is 13.3 Å². The zero-order valence-corrected chi connectivity index (χ0v) is 10.1. The summed E-state index contributed by atoms with van der Waals surface area (Å²) >= 11 is 0. The highest BCUT2D eigenvalue weighted by Gasteiger charge is 2.18. The van der Waals surface area contributed by atoms with Crippen molar-refractivity contribution < 1.29 is 18.3 Å². The highest BCUT2D eigenvalue weighted by atomic mass is 19.3. The van der Waals surface area contributed by atoms with Gasteiger partial charge in [0.15, 0.2) is 6.61 Å². The molecule has 0 unspecified atom stereocenters. The Morgan fingerprint density at radius 1 is 1.39 bits per heavy atom. The van der Waals surface area contributed by atoms with E-state index in [9.17, 15) is 8.78 Å². The van der Waals surface area contributed by atoms with E-state index < -0.39 is 13.0 Å². The van der Waals surface area contributed by atoms with Crippen LogP contribution >= 0.6 is 0 Å². The summed E-state index contributed by atoms with van der Waals surface area (Å²) in [6, 6.07) is 1.79. The molecule has 2 heterocycles. The van der Waals surface area contributed by atoms with Crippen molar-refractivity contribution in [2.24, 2.45) is 0 Å². The molecule has 0 bridgehead atoms. The third-order valence-corrected chi connectivity index (χ3v) is 2.56. The minimum Gasteiger partial charge on any atom is -0.469 e. The molecular formula is C11H15F2N3O2. The van der Waals surface area contributed by atoms with E-state index in [1.807, 2.05) is 4.90 Å². The molecule has 1 aliphatic heterocycles. The van der Waals surface area contributed by atoms with Gasteiger partial charge >= 0.3 is 0 Å². The zero-order valence-electron chi connectivity index (χ0n) is 10.1. The minimum atomic E-state index is -2.52. The Kier molecular flexibility index (Phi) is 4.24. The third kappa shape index (κ3) is 3.25. The molecule has 0 radical (unpaired) electrons. The quantitative estimate of drug-likeness (QED) is 0.814. The van der Waals surface area contributed by atoms with Crippen LogP contribution < -0.4 is 9.64 Å². The van der Waals surface area contributed by atoms with Crippen molar-refractivity contribution in [3.05, 3.63) is 11.8 Å². The van der Waals surface area contributed by atoms with Gasteiger partial charge in [0.1, 0.15) is 5.69 Å². The number of aryl methyl sites for hydroxylation is 1. The Morgan fingerprint density at radius 3 is 2.78 bits per heavy atom. The summed E-state index contributed by atoms with van der Waals surface area (Å²) in [5.74, 6) is 0.155. The lowest BCUT2D eigenvalue weighted by molar-refractivity contribution is 0.0787. The lowest BCUT2D eigenvalue weighted by Crippen LogP contribution is -2.36. The Bertz CT molecular complexity index is 398. The van der Waals surface area contributed by atoms with E-state index >= 15 is 0 Å². The molecule has 100 valence electrons. The van der Waals surface area contributed by atoms with E-state index in [2.05, 4.69) is 10.2 Å². The molecular weight excluding hydrogens is 244 g/mol. The highest BCUT2D eigenvalue weighted by Crippen LogP contribution is 2.26. The van der Waals surface area contributed by atoms with Gasteiger partial charge in [-0.3, -0.25) is 0 Å². The van der Waals surface area contributed by atoms with Gasteiger partial charge in [0.2, 0.25) is 0 Å². The average molecular weight is 259 g/mol. The van der Waals surface area contributed by atoms with Gasteiger partial charge in [-0.05, 0) is 13.0 Å². The second-order valence-electron chi connectivity index (χ2n) is 3.98. The lowest BCUT2D eigenvalue weighted by Gasteiger charge is -2.29. The van der Waals surface area contributed by atoms with Gasteiger partial charge in [0.25, 0.3) is 12.3 Å². The molecule has 1 fully saturated rings. The van der Waals surface area contributed by atoms with Crippen LogP contribution in [-0.2, 0) is 4.74 Å². The van der Waals surface area contributed by atoms with Crippen LogP contribution in [0.25, 0.3) is 0 Å². The zero-order chi connectivity index (χ0) is 13.0. The number of nitrogens with zero attached hydrogens (tertiary/aromatic N) is 3. The van der Waals surface area contributed by atoms with Crippen molar-refractivity contribution in [3.8, 4) is 5.88 Å². The van der Waals surface area contributed by atoms with Crippen LogP contribution in [0, 0.1) is 6.92 Å². The number of halogens is 2. The first kappa shape index (κ1) is 12.9. The Balaban J connectivity index is 2.16. The summed E-state index contributed by atoms with van der Waals surface area (Å²) < 4.78 is 34.6. The van der Waals surface area contributed by atoms with E-state index in [4.69, 9.17) is 9.47 Å². The van der Waals surface area contributed by atoms with Crippen molar-refractivity contribution in [2.75, 3.05) is 37.8 Å². The first-order chi connectivity index (χ1) is 8.66. The molecule has 0 aliphatic carbocycles. The summed E-state index contributed by atoms with van der Waals surface area (Å²) in [7, 11) is 0. The number of anilines is 1.